The molecule has 0 saturated heterocycles. The van der Waals surface area contributed by atoms with Crippen LogP contribution in [0.1, 0.15) is 151 Å². The highest BCUT2D eigenvalue weighted by Gasteiger charge is 2.35. The van der Waals surface area contributed by atoms with E-state index in [0.29, 0.717) is 66.3 Å². The molecule has 1 aliphatic carbocycles. The van der Waals surface area contributed by atoms with E-state index < -0.39 is 38.6 Å². The summed E-state index contributed by atoms with van der Waals surface area (Å²) in [6.07, 6.45) is 12.0. The zero-order valence-corrected chi connectivity index (χ0v) is 62.9. The van der Waals surface area contributed by atoms with Crippen LogP contribution < -0.4 is 0 Å². The maximum absolute atomic E-state index is 13.2. The van der Waals surface area contributed by atoms with Crippen LogP contribution in [0.15, 0.2) is 73.3 Å². The smallest absolute Gasteiger partial charge is 0.281 e. The average molecular weight is 1510 g/mol. The number of alkyl halides is 2. The number of ketones is 5. The van der Waals surface area contributed by atoms with Crippen LogP contribution in [0.3, 0.4) is 0 Å². The number of hydrogen-bond donors (Lipinski definition) is 4. The lowest BCUT2D eigenvalue weighted by molar-refractivity contribution is 0.0889. The van der Waals surface area contributed by atoms with E-state index in [1.807, 2.05) is 82.1 Å². The van der Waals surface area contributed by atoms with E-state index in [1.54, 1.807) is 86.4 Å². The number of nitrogens with zero attached hydrogens (tertiary/aromatic N) is 18. The van der Waals surface area contributed by atoms with Gasteiger partial charge in [-0.1, -0.05) is 49.9 Å². The van der Waals surface area contributed by atoms with Crippen molar-refractivity contribution in [3.63, 3.8) is 0 Å². The molecule has 27 nitrogen and oxygen atoms in total. The standard InChI is InChI=1S/C22H22N6OS.C13H13F2N3O2S.C12H15N3O2S.C12H13N3O2S.C11H13N3O2S/c1-14-13-30-22(24-14)17-12-23-27(2)20(17)18(29)10-15-8-9-28-19(11-15)25-21(26-28)16-6-4-3-5-7-16;1-18-10(8(20)5-19)7(4-16-18)13-17-9(12(14)15)11(21-13)6-2-3-6;2*1-4-10-7(2)14-12(18-10)8-5-13-15(3)11(8)9(17)6-16;1-6-7(2)17-11(13-6)8-4-12-14(3)10(8)9(16)5-15/h3-7,12-13,15H,8-11H2,1-2H3;4,6,12,19H,2-3,5H2,1H3;5,16H,4,6H2,1-3H3;4-5,16H,1,6H2,2-3H3;4,15H,5H2,1-3H3. The number of fused-ring (bicyclic) bond motifs is 1. The summed E-state index contributed by atoms with van der Waals surface area (Å²) in [6.45, 7) is 14.1. The monoisotopic (exact) mass is 1510 g/mol. The fourth-order valence-corrected chi connectivity index (χ4v) is 16.4. The Labute approximate surface area is 616 Å². The van der Waals surface area contributed by atoms with Crippen LogP contribution in [0.4, 0.5) is 8.78 Å². The highest BCUT2D eigenvalue weighted by molar-refractivity contribution is 7.16. The van der Waals surface area contributed by atoms with E-state index in [9.17, 15) is 32.8 Å². The van der Waals surface area contributed by atoms with Gasteiger partial charge >= 0.3 is 0 Å². The van der Waals surface area contributed by atoms with E-state index in [4.69, 9.17) is 25.4 Å². The number of aliphatic hydroxyl groups is 4. The predicted octanol–water partition coefficient (Wildman–Crippen LogP) is 11.1. The lowest BCUT2D eigenvalue weighted by Gasteiger charge is -2.21. The van der Waals surface area contributed by atoms with Crippen LogP contribution >= 0.6 is 56.7 Å². The molecule has 0 bridgehead atoms. The van der Waals surface area contributed by atoms with Crippen molar-refractivity contribution in [2.75, 3.05) is 26.4 Å². The zero-order chi connectivity index (χ0) is 75.0. The number of benzene rings is 1. The third-order valence-corrected chi connectivity index (χ3v) is 22.8. The van der Waals surface area contributed by atoms with Gasteiger partial charge in [0.2, 0.25) is 23.1 Å². The fraction of sp³-hybridized carbons (Fsp3) is 0.357. The minimum Gasteiger partial charge on any atom is -0.388 e. The van der Waals surface area contributed by atoms with Crippen molar-refractivity contribution in [1.82, 2.24) is 88.6 Å². The minimum absolute atomic E-state index is 0.110. The molecule has 12 aromatic rings. The number of carbonyl (C=O) groups is 5. The van der Waals surface area contributed by atoms with Crippen molar-refractivity contribution in [1.29, 1.82) is 0 Å². The fourth-order valence-electron chi connectivity index (χ4n) is 11.4. The van der Waals surface area contributed by atoms with E-state index >= 15 is 0 Å². The molecule has 0 amide bonds. The highest BCUT2D eigenvalue weighted by atomic mass is 32.1. The Bertz CT molecular complexity index is 5060. The number of aliphatic hydroxyl groups excluding tert-OH is 4. The lowest BCUT2D eigenvalue weighted by Crippen LogP contribution is -2.23. The third-order valence-electron chi connectivity index (χ3n) is 16.9. The summed E-state index contributed by atoms with van der Waals surface area (Å²) in [5.41, 5.74) is 9.88. The van der Waals surface area contributed by atoms with Gasteiger partial charge in [0.15, 0.2) is 11.6 Å². The maximum atomic E-state index is 13.2. The first-order valence-electron chi connectivity index (χ1n) is 32.7. The van der Waals surface area contributed by atoms with Gasteiger partial charge in [-0.3, -0.25) is 47.4 Å². The lowest BCUT2D eigenvalue weighted by atomic mass is 9.91. The van der Waals surface area contributed by atoms with E-state index in [2.05, 4.69) is 69.0 Å². The van der Waals surface area contributed by atoms with Crippen molar-refractivity contribution in [3.8, 4) is 64.2 Å². The Morgan fingerprint density at radius 1 is 0.558 bits per heavy atom. The Morgan fingerprint density at radius 3 is 1.42 bits per heavy atom. The molecule has 1 fully saturated rings. The summed E-state index contributed by atoms with van der Waals surface area (Å²) in [5.74, 6) is 0.683. The normalized spacial score (nSPS) is 13.1. The number of thiazole rings is 5. The SMILES string of the molecule is C=Cc1sc(-c2cnn(C)c2C(=O)CO)nc1C.CCc1sc(-c2cnn(C)c2C(=O)CO)nc1C.Cc1csc(-c2cnn(C)c2C(=O)CC2CCn3nc(-c4ccccc4)nc3C2)n1.Cc1nc(-c2cnn(C)c2C(=O)CO)sc1C.Cn1ncc(-c2nc(C(F)F)c(C3CC3)s2)c1C(=O)CO. The van der Waals surface area contributed by atoms with E-state index in [0.717, 1.165) is 109 Å². The molecule has 1 atom stereocenters. The summed E-state index contributed by atoms with van der Waals surface area (Å²) in [5, 5.41) is 66.6. The first kappa shape index (κ1) is 77.0. The third kappa shape index (κ3) is 17.1. The second-order valence-electron chi connectivity index (χ2n) is 24.3. The molecule has 12 heterocycles. The van der Waals surface area contributed by atoms with E-state index in [1.165, 1.54) is 63.8 Å². The molecule has 2 aliphatic rings. The quantitative estimate of drug-likeness (QED) is 0.0486. The first-order chi connectivity index (χ1) is 49.8. The molecule has 0 radical (unpaired) electrons. The van der Waals surface area contributed by atoms with Gasteiger partial charge in [-0.15, -0.1) is 56.7 Å². The molecule has 1 unspecified atom stereocenters. The van der Waals surface area contributed by atoms with Crippen molar-refractivity contribution in [3.05, 3.63) is 156 Å². The Kier molecular flexibility index (Phi) is 25.1. The second kappa shape index (κ2) is 33.9. The van der Waals surface area contributed by atoms with Crippen LogP contribution in [-0.4, -0.2) is 164 Å². The van der Waals surface area contributed by atoms with Crippen molar-refractivity contribution < 1.29 is 53.2 Å². The van der Waals surface area contributed by atoms with Crippen molar-refractivity contribution in [2.45, 2.75) is 99.0 Å². The number of aromatic nitrogens is 18. The zero-order valence-electron chi connectivity index (χ0n) is 58.8. The van der Waals surface area contributed by atoms with Gasteiger partial charge in [0.25, 0.3) is 6.43 Å². The van der Waals surface area contributed by atoms with Crippen LogP contribution in [0.2, 0.25) is 0 Å². The second-order valence-corrected chi connectivity index (χ2v) is 29.5. The number of halogens is 2. The van der Waals surface area contributed by atoms with Gasteiger partial charge in [-0.25, -0.2) is 43.4 Å². The predicted molar refractivity (Wildman–Crippen MR) is 394 cm³/mol. The minimum atomic E-state index is -2.63. The summed E-state index contributed by atoms with van der Waals surface area (Å²) in [4.78, 5) is 90.5. The van der Waals surface area contributed by atoms with Crippen LogP contribution in [0, 0.1) is 40.5 Å². The molecule has 544 valence electrons. The molecule has 14 rings (SSSR count). The number of carbonyl (C=O) groups excluding carboxylic acids is 5. The van der Waals surface area contributed by atoms with Gasteiger partial charge in [-0.05, 0) is 72.1 Å². The molecule has 11 aromatic heterocycles. The van der Waals surface area contributed by atoms with Gasteiger partial charge in [0.1, 0.15) is 91.5 Å². The van der Waals surface area contributed by atoms with Crippen LogP contribution in [0.5, 0.6) is 0 Å². The molecule has 1 saturated carbocycles. The Morgan fingerprint density at radius 2 is 1.01 bits per heavy atom. The summed E-state index contributed by atoms with van der Waals surface area (Å²) in [6, 6.07) is 10.0. The molecule has 104 heavy (non-hydrogen) atoms. The topological polar surface area (TPSA) is 351 Å². The number of aryl methyl sites for hydroxylation is 12. The van der Waals surface area contributed by atoms with Crippen LogP contribution in [-0.2, 0) is 54.6 Å². The highest BCUT2D eigenvalue weighted by Crippen LogP contribution is 2.49. The van der Waals surface area contributed by atoms with Gasteiger partial charge in [0.05, 0.1) is 75.9 Å². The Hall–Kier alpha value is -9.65. The van der Waals surface area contributed by atoms with Gasteiger partial charge < -0.3 is 20.4 Å². The first-order valence-corrected chi connectivity index (χ1v) is 36.9. The summed E-state index contributed by atoms with van der Waals surface area (Å²) in [7, 11) is 8.42. The van der Waals surface area contributed by atoms with Crippen molar-refractivity contribution >= 4 is 91.7 Å². The molecular weight excluding hydrogens is 1440 g/mol. The van der Waals surface area contributed by atoms with Gasteiger partial charge in [0, 0.05) is 90.8 Å². The molecular formula is C70H76F2N18O9S5. The average Bonchev–Trinajstić information content (AvgIpc) is 1.62. The molecule has 0 spiro atoms. The number of Topliss-reactive ketones (excluding diaryl/α,β-unsaturated/α-hetero) is 5. The summed E-state index contributed by atoms with van der Waals surface area (Å²) >= 11 is 7.28. The number of rotatable bonds is 21. The largest absolute Gasteiger partial charge is 0.388 e. The Balaban J connectivity index is 0.000000142. The van der Waals surface area contributed by atoms with Crippen molar-refractivity contribution in [2.24, 2.45) is 41.2 Å². The van der Waals surface area contributed by atoms with Crippen LogP contribution in [0.25, 0.3) is 70.3 Å². The molecule has 1 aromatic carbocycles. The molecule has 34 heteroatoms. The molecule has 1 aliphatic heterocycles. The molecule has 4 N–H and O–H groups in total. The number of hydrogen-bond acceptors (Lipinski definition) is 26. The summed E-state index contributed by atoms with van der Waals surface area (Å²) < 4.78 is 35.6. The maximum Gasteiger partial charge on any atom is 0.281 e. The van der Waals surface area contributed by atoms with E-state index in [-0.39, 0.29) is 46.4 Å². The van der Waals surface area contributed by atoms with Gasteiger partial charge in [-0.2, -0.15) is 30.6 Å².